The van der Waals surface area contributed by atoms with Crippen molar-refractivity contribution in [3.05, 3.63) is 24.0 Å². The molecule has 0 saturated heterocycles. The van der Waals surface area contributed by atoms with E-state index in [1.807, 2.05) is 0 Å². The van der Waals surface area contributed by atoms with Crippen molar-refractivity contribution in [2.45, 2.75) is 24.8 Å². The minimum absolute atomic E-state index is 0.202. The van der Waals surface area contributed by atoms with E-state index in [1.165, 1.54) is 0 Å². The van der Waals surface area contributed by atoms with Gasteiger partial charge < -0.3 is 5.11 Å². The van der Waals surface area contributed by atoms with Crippen LogP contribution < -0.4 is 4.72 Å². The zero-order chi connectivity index (χ0) is 11.6. The lowest BCUT2D eigenvalue weighted by molar-refractivity contribution is 0.431. The Morgan fingerprint density at radius 1 is 1.40 bits per heavy atom. The summed E-state index contributed by atoms with van der Waals surface area (Å²) >= 11 is 0. The Balaban J connectivity index is 3.11. The summed E-state index contributed by atoms with van der Waals surface area (Å²) in [5, 5.41) is 8.90. The van der Waals surface area contributed by atoms with E-state index in [4.69, 9.17) is 5.11 Å². The fraction of sp³-hybridized carbons (Fsp3) is 0.333. The van der Waals surface area contributed by atoms with Crippen molar-refractivity contribution in [2.75, 3.05) is 0 Å². The van der Waals surface area contributed by atoms with Crippen LogP contribution in [0.15, 0.2) is 23.1 Å². The number of phenols is 1. The molecular weight excluding hydrogens is 221 g/mol. The summed E-state index contributed by atoms with van der Waals surface area (Å²) in [6.45, 7) is 3.32. The first-order valence-corrected chi connectivity index (χ1v) is 5.82. The van der Waals surface area contributed by atoms with Crippen molar-refractivity contribution in [1.82, 2.24) is 4.72 Å². The highest BCUT2D eigenvalue weighted by atomic mass is 32.2. The highest BCUT2D eigenvalue weighted by molar-refractivity contribution is 7.89. The highest BCUT2D eigenvalue weighted by Gasteiger charge is 2.16. The van der Waals surface area contributed by atoms with Crippen molar-refractivity contribution >= 4 is 10.0 Å². The van der Waals surface area contributed by atoms with Gasteiger partial charge in [0.2, 0.25) is 10.0 Å². The second kappa shape index (κ2) is 4.16. The van der Waals surface area contributed by atoms with Crippen molar-refractivity contribution < 1.29 is 17.9 Å². The maximum absolute atomic E-state index is 12.9. The summed E-state index contributed by atoms with van der Waals surface area (Å²) in [7, 11) is -3.70. The molecule has 0 amide bonds. The average molecular weight is 233 g/mol. The van der Waals surface area contributed by atoms with Gasteiger partial charge in [0.1, 0.15) is 0 Å². The molecule has 1 aromatic rings. The third-order valence-electron chi connectivity index (χ3n) is 1.62. The summed E-state index contributed by atoms with van der Waals surface area (Å²) in [6.07, 6.45) is 0. The Morgan fingerprint density at radius 2 is 2.00 bits per heavy atom. The summed E-state index contributed by atoms with van der Waals surface area (Å²) in [5.41, 5.74) is 0. The third-order valence-corrected chi connectivity index (χ3v) is 3.28. The van der Waals surface area contributed by atoms with Crippen molar-refractivity contribution in [3.63, 3.8) is 0 Å². The summed E-state index contributed by atoms with van der Waals surface area (Å²) < 4.78 is 38.3. The van der Waals surface area contributed by atoms with Gasteiger partial charge in [-0.25, -0.2) is 17.5 Å². The predicted molar refractivity (Wildman–Crippen MR) is 53.5 cm³/mol. The zero-order valence-corrected chi connectivity index (χ0v) is 9.18. The van der Waals surface area contributed by atoms with Crippen LogP contribution in [-0.2, 0) is 10.0 Å². The van der Waals surface area contributed by atoms with Crippen LogP contribution in [0.2, 0.25) is 0 Å². The van der Waals surface area contributed by atoms with Crippen LogP contribution in [0.5, 0.6) is 5.75 Å². The Labute approximate surface area is 87.8 Å². The maximum atomic E-state index is 12.9. The molecule has 0 spiro atoms. The number of benzene rings is 1. The van der Waals surface area contributed by atoms with Gasteiger partial charge in [0, 0.05) is 6.04 Å². The quantitative estimate of drug-likeness (QED) is 0.824. The number of phenolic OH excluding ortho intramolecular Hbond substituents is 1. The third kappa shape index (κ3) is 2.90. The maximum Gasteiger partial charge on any atom is 0.240 e. The molecule has 6 heteroatoms. The van der Waals surface area contributed by atoms with Gasteiger partial charge in [-0.2, -0.15) is 0 Å². The van der Waals surface area contributed by atoms with Crippen LogP contribution in [0.4, 0.5) is 4.39 Å². The minimum atomic E-state index is -3.70. The van der Waals surface area contributed by atoms with E-state index in [9.17, 15) is 12.8 Å². The van der Waals surface area contributed by atoms with Gasteiger partial charge in [0.05, 0.1) is 4.90 Å². The molecule has 0 heterocycles. The van der Waals surface area contributed by atoms with Crippen molar-refractivity contribution in [1.29, 1.82) is 0 Å². The molecule has 0 saturated carbocycles. The lowest BCUT2D eigenvalue weighted by Gasteiger charge is -2.09. The normalized spacial score (nSPS) is 12.0. The van der Waals surface area contributed by atoms with E-state index in [0.717, 1.165) is 18.2 Å². The van der Waals surface area contributed by atoms with Crippen LogP contribution in [-0.4, -0.2) is 19.6 Å². The lowest BCUT2D eigenvalue weighted by Crippen LogP contribution is -2.30. The number of aromatic hydroxyl groups is 1. The Bertz CT molecular complexity index is 456. The molecular formula is C9H12FNO3S. The minimum Gasteiger partial charge on any atom is -0.505 e. The van der Waals surface area contributed by atoms with Gasteiger partial charge in [-0.15, -0.1) is 0 Å². The van der Waals surface area contributed by atoms with E-state index in [-0.39, 0.29) is 10.9 Å². The molecule has 0 aliphatic heterocycles. The fourth-order valence-electron chi connectivity index (χ4n) is 1.03. The number of nitrogens with one attached hydrogen (secondary N) is 1. The van der Waals surface area contributed by atoms with Crippen LogP contribution in [0.25, 0.3) is 0 Å². The number of sulfonamides is 1. The van der Waals surface area contributed by atoms with Crippen molar-refractivity contribution in [3.8, 4) is 5.75 Å². The molecule has 0 unspecified atom stereocenters. The van der Waals surface area contributed by atoms with E-state index < -0.39 is 21.6 Å². The van der Waals surface area contributed by atoms with Gasteiger partial charge in [-0.3, -0.25) is 0 Å². The largest absolute Gasteiger partial charge is 0.505 e. The standard InChI is InChI=1S/C9H12FNO3S/c1-6(2)11-15(13,14)7-3-4-9(12)8(10)5-7/h3-6,11-12H,1-2H3. The topological polar surface area (TPSA) is 66.4 Å². The first kappa shape index (κ1) is 11.9. The van der Waals surface area contributed by atoms with E-state index in [1.54, 1.807) is 13.8 Å². The van der Waals surface area contributed by atoms with Crippen molar-refractivity contribution in [2.24, 2.45) is 0 Å². The Kier molecular flexibility index (Phi) is 3.31. The molecule has 84 valence electrons. The monoisotopic (exact) mass is 233 g/mol. The molecule has 0 atom stereocenters. The highest BCUT2D eigenvalue weighted by Crippen LogP contribution is 2.19. The molecule has 0 aliphatic rings. The number of rotatable bonds is 3. The van der Waals surface area contributed by atoms with E-state index in [2.05, 4.69) is 4.72 Å². The second-order valence-corrected chi connectivity index (χ2v) is 5.10. The number of hydrogen-bond donors (Lipinski definition) is 2. The summed E-state index contributed by atoms with van der Waals surface area (Å²) in [5.74, 6) is -1.53. The molecule has 0 fully saturated rings. The molecule has 4 nitrogen and oxygen atoms in total. The number of hydrogen-bond acceptors (Lipinski definition) is 3. The molecule has 15 heavy (non-hydrogen) atoms. The van der Waals surface area contributed by atoms with Gasteiger partial charge in [0.15, 0.2) is 11.6 Å². The lowest BCUT2D eigenvalue weighted by atomic mass is 10.3. The SMILES string of the molecule is CC(C)NS(=O)(=O)c1ccc(O)c(F)c1. The summed E-state index contributed by atoms with van der Waals surface area (Å²) in [6, 6.07) is 2.65. The molecule has 1 rings (SSSR count). The first-order chi connectivity index (χ1) is 6.83. The zero-order valence-electron chi connectivity index (χ0n) is 8.36. The van der Waals surface area contributed by atoms with Crippen LogP contribution in [0.3, 0.4) is 0 Å². The van der Waals surface area contributed by atoms with E-state index >= 15 is 0 Å². The van der Waals surface area contributed by atoms with E-state index in [0.29, 0.717) is 0 Å². The molecule has 0 aliphatic carbocycles. The van der Waals surface area contributed by atoms with Crippen LogP contribution in [0.1, 0.15) is 13.8 Å². The van der Waals surface area contributed by atoms with Gasteiger partial charge in [-0.05, 0) is 32.0 Å². The first-order valence-electron chi connectivity index (χ1n) is 4.34. The molecule has 1 aromatic carbocycles. The van der Waals surface area contributed by atoms with Gasteiger partial charge in [0.25, 0.3) is 0 Å². The molecule has 0 bridgehead atoms. The summed E-state index contributed by atoms with van der Waals surface area (Å²) in [4.78, 5) is -0.202. The van der Waals surface area contributed by atoms with Gasteiger partial charge in [-0.1, -0.05) is 0 Å². The second-order valence-electron chi connectivity index (χ2n) is 3.39. The Morgan fingerprint density at radius 3 is 2.47 bits per heavy atom. The average Bonchev–Trinajstić information content (AvgIpc) is 2.07. The molecule has 0 aromatic heterocycles. The molecule has 2 N–H and O–H groups in total. The molecule has 0 radical (unpaired) electrons. The van der Waals surface area contributed by atoms with Gasteiger partial charge >= 0.3 is 0 Å². The predicted octanol–water partition coefficient (Wildman–Crippen LogP) is 1.22. The Hall–Kier alpha value is -1.14. The fourth-order valence-corrected chi connectivity index (χ4v) is 2.30. The smallest absolute Gasteiger partial charge is 0.240 e. The van der Waals surface area contributed by atoms with Crippen LogP contribution >= 0.6 is 0 Å². The van der Waals surface area contributed by atoms with Crippen LogP contribution in [0, 0.1) is 5.82 Å². The number of halogens is 1.